The Labute approximate surface area is 110 Å². The molecular weight excluding hydrogens is 250 g/mol. The molecule has 0 heterocycles. The second-order valence-corrected chi connectivity index (χ2v) is 4.40. The number of hydrogen-bond donors (Lipinski definition) is 2. The lowest BCUT2D eigenvalue weighted by atomic mass is 10.1. The van der Waals surface area contributed by atoms with E-state index < -0.39 is 0 Å². The predicted molar refractivity (Wildman–Crippen MR) is 72.2 cm³/mol. The lowest BCUT2D eigenvalue weighted by Crippen LogP contribution is -2.13. The van der Waals surface area contributed by atoms with E-state index in [1.807, 2.05) is 0 Å². The van der Waals surface area contributed by atoms with Gasteiger partial charge in [-0.2, -0.15) is 0 Å². The van der Waals surface area contributed by atoms with Crippen molar-refractivity contribution >= 4 is 23.2 Å². The fourth-order valence-corrected chi connectivity index (χ4v) is 1.76. The van der Waals surface area contributed by atoms with Crippen LogP contribution in [-0.2, 0) is 0 Å². The molecule has 0 saturated carbocycles. The normalized spacial score (nSPS) is 10.1. The zero-order valence-corrected chi connectivity index (χ0v) is 10.5. The van der Waals surface area contributed by atoms with Gasteiger partial charge in [0.15, 0.2) is 0 Å². The molecule has 2 N–H and O–H groups in total. The van der Waals surface area contributed by atoms with Gasteiger partial charge >= 0.3 is 0 Å². The van der Waals surface area contributed by atoms with Crippen LogP contribution in [0.2, 0.25) is 5.02 Å². The number of nitrogens with one attached hydrogen (secondary N) is 1. The molecule has 0 aliphatic carbocycles. The van der Waals surface area contributed by atoms with Crippen molar-refractivity contribution in [2.24, 2.45) is 0 Å². The molecule has 0 aliphatic heterocycles. The van der Waals surface area contributed by atoms with Gasteiger partial charge in [-0.1, -0.05) is 11.6 Å². The minimum atomic E-state index is -0.213. The second-order valence-electron chi connectivity index (χ2n) is 3.96. The summed E-state index contributed by atoms with van der Waals surface area (Å²) in [6.07, 6.45) is 0. The molecule has 1 amide bonds. The van der Waals surface area contributed by atoms with Crippen LogP contribution in [0.15, 0.2) is 42.5 Å². The summed E-state index contributed by atoms with van der Waals surface area (Å²) >= 11 is 5.77. The van der Waals surface area contributed by atoms with Crippen LogP contribution in [0.3, 0.4) is 0 Å². The van der Waals surface area contributed by atoms with Gasteiger partial charge in [0.25, 0.3) is 5.91 Å². The molecule has 0 bridgehead atoms. The van der Waals surface area contributed by atoms with Crippen molar-refractivity contribution < 1.29 is 9.90 Å². The van der Waals surface area contributed by atoms with Gasteiger partial charge in [-0.3, -0.25) is 4.79 Å². The Morgan fingerprint density at radius 2 is 1.83 bits per heavy atom. The van der Waals surface area contributed by atoms with E-state index in [0.717, 1.165) is 5.56 Å². The summed E-state index contributed by atoms with van der Waals surface area (Å²) in [5, 5.41) is 12.7. The average molecular weight is 262 g/mol. The van der Waals surface area contributed by atoms with Crippen molar-refractivity contribution in [3.8, 4) is 5.75 Å². The summed E-state index contributed by atoms with van der Waals surface area (Å²) in [6, 6.07) is 11.5. The lowest BCUT2D eigenvalue weighted by molar-refractivity contribution is 0.102. The molecule has 0 saturated heterocycles. The van der Waals surface area contributed by atoms with Crippen molar-refractivity contribution in [2.45, 2.75) is 6.92 Å². The SMILES string of the molecule is Cc1cc(O)ccc1C(=O)Nc1ccc(Cl)cc1. The summed E-state index contributed by atoms with van der Waals surface area (Å²) in [4.78, 5) is 12.0. The molecule has 2 aromatic rings. The maximum atomic E-state index is 12.0. The quantitative estimate of drug-likeness (QED) is 0.868. The maximum Gasteiger partial charge on any atom is 0.255 e. The summed E-state index contributed by atoms with van der Waals surface area (Å²) in [5.74, 6) is -0.0645. The van der Waals surface area contributed by atoms with Crippen LogP contribution in [0.25, 0.3) is 0 Å². The van der Waals surface area contributed by atoms with E-state index in [2.05, 4.69) is 5.32 Å². The van der Waals surface area contributed by atoms with Crippen LogP contribution in [0.5, 0.6) is 5.75 Å². The monoisotopic (exact) mass is 261 g/mol. The van der Waals surface area contributed by atoms with E-state index in [4.69, 9.17) is 11.6 Å². The van der Waals surface area contributed by atoms with E-state index in [1.54, 1.807) is 43.3 Å². The van der Waals surface area contributed by atoms with Gasteiger partial charge in [-0.25, -0.2) is 0 Å². The average Bonchev–Trinajstić information content (AvgIpc) is 2.32. The highest BCUT2D eigenvalue weighted by Gasteiger charge is 2.09. The molecule has 0 aliphatic rings. The number of anilines is 1. The van der Waals surface area contributed by atoms with Gasteiger partial charge in [0.1, 0.15) is 5.75 Å². The molecule has 0 aromatic heterocycles. The van der Waals surface area contributed by atoms with Gasteiger partial charge in [-0.15, -0.1) is 0 Å². The largest absolute Gasteiger partial charge is 0.508 e. The molecule has 0 unspecified atom stereocenters. The van der Waals surface area contributed by atoms with Crippen LogP contribution in [0.4, 0.5) is 5.69 Å². The zero-order chi connectivity index (χ0) is 13.1. The van der Waals surface area contributed by atoms with Crippen LogP contribution < -0.4 is 5.32 Å². The first-order chi connectivity index (χ1) is 8.56. The molecule has 0 atom stereocenters. The van der Waals surface area contributed by atoms with E-state index in [-0.39, 0.29) is 11.7 Å². The lowest BCUT2D eigenvalue weighted by Gasteiger charge is -2.08. The topological polar surface area (TPSA) is 49.3 Å². The molecule has 2 aromatic carbocycles. The van der Waals surface area contributed by atoms with E-state index >= 15 is 0 Å². The standard InChI is InChI=1S/C14H12ClNO2/c1-9-8-12(17)6-7-13(9)14(18)16-11-4-2-10(15)3-5-11/h2-8,17H,1H3,(H,16,18). The van der Waals surface area contributed by atoms with Crippen molar-refractivity contribution in [3.63, 3.8) is 0 Å². The third kappa shape index (κ3) is 2.81. The predicted octanol–water partition coefficient (Wildman–Crippen LogP) is 3.61. The van der Waals surface area contributed by atoms with E-state index in [0.29, 0.717) is 16.3 Å². The number of carbonyl (C=O) groups is 1. The van der Waals surface area contributed by atoms with Crippen LogP contribution >= 0.6 is 11.6 Å². The zero-order valence-electron chi connectivity index (χ0n) is 9.77. The van der Waals surface area contributed by atoms with Gasteiger partial charge < -0.3 is 10.4 Å². The van der Waals surface area contributed by atoms with Crippen molar-refractivity contribution in [1.29, 1.82) is 0 Å². The Hall–Kier alpha value is -2.00. The molecule has 92 valence electrons. The smallest absolute Gasteiger partial charge is 0.255 e. The van der Waals surface area contributed by atoms with Crippen molar-refractivity contribution in [3.05, 3.63) is 58.6 Å². The minimum absolute atomic E-state index is 0.149. The molecular formula is C14H12ClNO2. The first-order valence-electron chi connectivity index (χ1n) is 5.43. The highest BCUT2D eigenvalue weighted by atomic mass is 35.5. The molecule has 18 heavy (non-hydrogen) atoms. The first kappa shape index (κ1) is 12.5. The molecule has 0 fully saturated rings. The van der Waals surface area contributed by atoms with Crippen molar-refractivity contribution in [2.75, 3.05) is 5.32 Å². The number of benzene rings is 2. The molecule has 4 heteroatoms. The number of rotatable bonds is 2. The Bertz CT molecular complexity index is 579. The van der Waals surface area contributed by atoms with Gasteiger partial charge in [0, 0.05) is 16.3 Å². The maximum absolute atomic E-state index is 12.0. The summed E-state index contributed by atoms with van der Waals surface area (Å²) in [6.45, 7) is 1.77. The number of amides is 1. The molecule has 3 nitrogen and oxygen atoms in total. The fourth-order valence-electron chi connectivity index (χ4n) is 1.63. The molecule has 2 rings (SSSR count). The third-order valence-electron chi connectivity index (χ3n) is 2.56. The minimum Gasteiger partial charge on any atom is -0.508 e. The van der Waals surface area contributed by atoms with Crippen molar-refractivity contribution in [1.82, 2.24) is 0 Å². The Morgan fingerprint density at radius 1 is 1.17 bits per heavy atom. The van der Waals surface area contributed by atoms with E-state index in [1.165, 1.54) is 6.07 Å². The van der Waals surface area contributed by atoms with Gasteiger partial charge in [-0.05, 0) is 55.0 Å². The van der Waals surface area contributed by atoms with Crippen LogP contribution in [-0.4, -0.2) is 11.0 Å². The number of carbonyl (C=O) groups excluding carboxylic acids is 1. The van der Waals surface area contributed by atoms with Gasteiger partial charge in [0.2, 0.25) is 0 Å². The van der Waals surface area contributed by atoms with Crippen LogP contribution in [0.1, 0.15) is 15.9 Å². The fraction of sp³-hybridized carbons (Fsp3) is 0.0714. The number of phenolic OH excluding ortho intramolecular Hbond substituents is 1. The number of aryl methyl sites for hydroxylation is 1. The highest BCUT2D eigenvalue weighted by molar-refractivity contribution is 6.30. The Kier molecular flexibility index (Phi) is 3.53. The van der Waals surface area contributed by atoms with E-state index in [9.17, 15) is 9.90 Å². The first-order valence-corrected chi connectivity index (χ1v) is 5.80. The summed E-state index contributed by atoms with van der Waals surface area (Å²) < 4.78 is 0. The number of phenols is 1. The summed E-state index contributed by atoms with van der Waals surface area (Å²) in [7, 11) is 0. The number of aromatic hydroxyl groups is 1. The number of hydrogen-bond acceptors (Lipinski definition) is 2. The van der Waals surface area contributed by atoms with Crippen LogP contribution in [0, 0.1) is 6.92 Å². The third-order valence-corrected chi connectivity index (χ3v) is 2.81. The Morgan fingerprint density at radius 3 is 2.44 bits per heavy atom. The molecule has 0 spiro atoms. The Balaban J connectivity index is 2.19. The summed E-state index contributed by atoms with van der Waals surface area (Å²) in [5.41, 5.74) is 1.93. The number of halogens is 1. The molecule has 0 radical (unpaired) electrons. The van der Waals surface area contributed by atoms with Gasteiger partial charge in [0.05, 0.1) is 0 Å². The second kappa shape index (κ2) is 5.10. The highest BCUT2D eigenvalue weighted by Crippen LogP contribution is 2.18.